The summed E-state index contributed by atoms with van der Waals surface area (Å²) >= 11 is 2.15. The molecule has 0 saturated heterocycles. The van der Waals surface area contributed by atoms with Crippen LogP contribution in [0.3, 0.4) is 0 Å². The van der Waals surface area contributed by atoms with Gasteiger partial charge in [0.2, 0.25) is 5.91 Å². The Morgan fingerprint density at radius 2 is 2.36 bits per heavy atom. The molecule has 1 aromatic rings. The molecule has 76 valence electrons. The monoisotopic (exact) mass is 306 g/mol. The standard InChI is InChI=1S/C8H11IN4O/c1-6(14)11-2-3-12-8-7(9)4-10-5-13-8/h4-5H,2-3H2,1H3,(H,11,14)(H,10,12,13). The zero-order chi connectivity index (χ0) is 10.4. The van der Waals surface area contributed by atoms with Crippen molar-refractivity contribution < 1.29 is 4.79 Å². The van der Waals surface area contributed by atoms with Crippen molar-refractivity contribution in [3.63, 3.8) is 0 Å². The van der Waals surface area contributed by atoms with Crippen LogP contribution in [0.15, 0.2) is 12.5 Å². The Morgan fingerprint density at radius 1 is 1.57 bits per heavy atom. The molecule has 0 atom stereocenters. The Morgan fingerprint density at radius 3 is 3.00 bits per heavy atom. The van der Waals surface area contributed by atoms with Crippen LogP contribution < -0.4 is 10.6 Å². The van der Waals surface area contributed by atoms with Crippen molar-refractivity contribution in [1.29, 1.82) is 0 Å². The second-order valence-electron chi connectivity index (χ2n) is 2.63. The number of anilines is 1. The van der Waals surface area contributed by atoms with E-state index in [0.29, 0.717) is 13.1 Å². The Bertz CT molecular complexity index is 318. The summed E-state index contributed by atoms with van der Waals surface area (Å²) in [6, 6.07) is 0. The summed E-state index contributed by atoms with van der Waals surface area (Å²) in [6.07, 6.45) is 3.22. The van der Waals surface area contributed by atoms with Gasteiger partial charge in [-0.25, -0.2) is 9.97 Å². The lowest BCUT2D eigenvalue weighted by Gasteiger charge is -2.06. The van der Waals surface area contributed by atoms with Crippen LogP contribution in [0.1, 0.15) is 6.92 Å². The van der Waals surface area contributed by atoms with Gasteiger partial charge in [-0.2, -0.15) is 0 Å². The molecule has 0 aliphatic carbocycles. The lowest BCUT2D eigenvalue weighted by Crippen LogP contribution is -2.26. The van der Waals surface area contributed by atoms with Crippen LogP contribution in [0.25, 0.3) is 0 Å². The zero-order valence-corrected chi connectivity index (χ0v) is 9.91. The predicted molar refractivity (Wildman–Crippen MR) is 61.9 cm³/mol. The molecule has 0 aromatic carbocycles. The van der Waals surface area contributed by atoms with E-state index >= 15 is 0 Å². The van der Waals surface area contributed by atoms with Gasteiger partial charge in [0.25, 0.3) is 0 Å². The fourth-order valence-corrected chi connectivity index (χ4v) is 1.35. The molecule has 6 heteroatoms. The van der Waals surface area contributed by atoms with Gasteiger partial charge in [0.15, 0.2) is 0 Å². The Kier molecular flexibility index (Phi) is 4.57. The fourth-order valence-electron chi connectivity index (χ4n) is 0.862. The summed E-state index contributed by atoms with van der Waals surface area (Å²) in [7, 11) is 0. The van der Waals surface area contributed by atoms with Crippen molar-refractivity contribution in [2.45, 2.75) is 6.92 Å². The quantitative estimate of drug-likeness (QED) is 0.632. The number of halogens is 1. The van der Waals surface area contributed by atoms with E-state index in [-0.39, 0.29) is 5.91 Å². The van der Waals surface area contributed by atoms with Crippen LogP contribution in [0.5, 0.6) is 0 Å². The molecule has 1 aromatic heterocycles. The molecule has 0 aliphatic rings. The molecule has 2 N–H and O–H groups in total. The summed E-state index contributed by atoms with van der Waals surface area (Å²) in [6.45, 7) is 2.75. The third-order valence-corrected chi connectivity index (χ3v) is 2.25. The van der Waals surface area contributed by atoms with Gasteiger partial charge in [0, 0.05) is 26.2 Å². The summed E-state index contributed by atoms with van der Waals surface area (Å²) in [5.74, 6) is 0.773. The SMILES string of the molecule is CC(=O)NCCNc1ncncc1I. The second kappa shape index (κ2) is 5.74. The van der Waals surface area contributed by atoms with Gasteiger partial charge in [0.05, 0.1) is 3.57 Å². The smallest absolute Gasteiger partial charge is 0.216 e. The van der Waals surface area contributed by atoms with E-state index in [1.54, 1.807) is 6.20 Å². The van der Waals surface area contributed by atoms with E-state index in [4.69, 9.17) is 0 Å². The van der Waals surface area contributed by atoms with Crippen molar-refractivity contribution >= 4 is 34.3 Å². The highest BCUT2D eigenvalue weighted by molar-refractivity contribution is 14.1. The highest BCUT2D eigenvalue weighted by Crippen LogP contribution is 2.11. The van der Waals surface area contributed by atoms with Crippen LogP contribution in [-0.2, 0) is 4.79 Å². The van der Waals surface area contributed by atoms with E-state index < -0.39 is 0 Å². The van der Waals surface area contributed by atoms with Gasteiger partial charge in [-0.05, 0) is 22.6 Å². The average Bonchev–Trinajstić information content (AvgIpc) is 2.15. The van der Waals surface area contributed by atoms with Gasteiger partial charge >= 0.3 is 0 Å². The first-order valence-corrected chi connectivity index (χ1v) is 5.22. The first-order chi connectivity index (χ1) is 6.70. The summed E-state index contributed by atoms with van der Waals surface area (Å²) in [5.41, 5.74) is 0. The maximum absolute atomic E-state index is 10.6. The van der Waals surface area contributed by atoms with Crippen molar-refractivity contribution in [1.82, 2.24) is 15.3 Å². The fraction of sp³-hybridized carbons (Fsp3) is 0.375. The highest BCUT2D eigenvalue weighted by atomic mass is 127. The molecule has 0 bridgehead atoms. The number of aromatic nitrogens is 2. The van der Waals surface area contributed by atoms with Gasteiger partial charge in [0.1, 0.15) is 12.1 Å². The summed E-state index contributed by atoms with van der Waals surface area (Å²) in [4.78, 5) is 18.5. The van der Waals surface area contributed by atoms with Crippen LogP contribution in [0.4, 0.5) is 5.82 Å². The van der Waals surface area contributed by atoms with Gasteiger partial charge in [-0.15, -0.1) is 0 Å². The van der Waals surface area contributed by atoms with Gasteiger partial charge in [-0.1, -0.05) is 0 Å². The van der Waals surface area contributed by atoms with Gasteiger partial charge < -0.3 is 10.6 Å². The minimum atomic E-state index is -0.0239. The number of nitrogens with one attached hydrogen (secondary N) is 2. The van der Waals surface area contributed by atoms with Gasteiger partial charge in [-0.3, -0.25) is 4.79 Å². The molecule has 0 aliphatic heterocycles. The first-order valence-electron chi connectivity index (χ1n) is 4.14. The first kappa shape index (κ1) is 11.2. The Labute approximate surface area is 95.9 Å². The number of rotatable bonds is 4. The molecule has 5 nitrogen and oxygen atoms in total. The van der Waals surface area contributed by atoms with Crippen LogP contribution in [-0.4, -0.2) is 29.0 Å². The van der Waals surface area contributed by atoms with Crippen molar-refractivity contribution in [2.75, 3.05) is 18.4 Å². The number of hydrogen-bond donors (Lipinski definition) is 2. The molecular weight excluding hydrogens is 295 g/mol. The molecular formula is C8H11IN4O. The van der Waals surface area contributed by atoms with Crippen LogP contribution in [0, 0.1) is 3.57 Å². The summed E-state index contributed by atoms with van der Waals surface area (Å²) in [5, 5.41) is 5.78. The Balaban J connectivity index is 2.31. The lowest BCUT2D eigenvalue weighted by atomic mass is 10.5. The third-order valence-electron chi connectivity index (χ3n) is 1.46. The van der Waals surface area contributed by atoms with Crippen molar-refractivity contribution in [3.05, 3.63) is 16.1 Å². The van der Waals surface area contributed by atoms with E-state index in [1.165, 1.54) is 13.3 Å². The molecule has 14 heavy (non-hydrogen) atoms. The number of amides is 1. The second-order valence-corrected chi connectivity index (χ2v) is 3.79. The molecule has 1 heterocycles. The molecule has 0 radical (unpaired) electrons. The van der Waals surface area contributed by atoms with Crippen LogP contribution >= 0.6 is 22.6 Å². The molecule has 0 unspecified atom stereocenters. The molecule has 0 spiro atoms. The summed E-state index contributed by atoms with van der Waals surface area (Å²) < 4.78 is 0.966. The van der Waals surface area contributed by atoms with E-state index in [1.807, 2.05) is 0 Å². The third kappa shape index (κ3) is 3.86. The maximum Gasteiger partial charge on any atom is 0.216 e. The maximum atomic E-state index is 10.6. The minimum absolute atomic E-state index is 0.0239. The zero-order valence-electron chi connectivity index (χ0n) is 7.75. The van der Waals surface area contributed by atoms with Crippen molar-refractivity contribution in [3.8, 4) is 0 Å². The van der Waals surface area contributed by atoms with E-state index in [9.17, 15) is 4.79 Å². The number of carbonyl (C=O) groups excluding carboxylic acids is 1. The highest BCUT2D eigenvalue weighted by Gasteiger charge is 1.98. The normalized spacial score (nSPS) is 9.57. The minimum Gasteiger partial charge on any atom is -0.367 e. The predicted octanol–water partition coefficient (Wildman–Crippen LogP) is 0.629. The van der Waals surface area contributed by atoms with E-state index in [2.05, 4.69) is 43.2 Å². The number of nitrogens with zero attached hydrogens (tertiary/aromatic N) is 2. The molecule has 1 amide bonds. The van der Waals surface area contributed by atoms with Crippen molar-refractivity contribution in [2.24, 2.45) is 0 Å². The average molecular weight is 306 g/mol. The Hall–Kier alpha value is -0.920. The molecule has 0 fully saturated rings. The lowest BCUT2D eigenvalue weighted by molar-refractivity contribution is -0.118. The largest absolute Gasteiger partial charge is 0.367 e. The molecule has 0 saturated carbocycles. The van der Waals surface area contributed by atoms with Crippen LogP contribution in [0.2, 0.25) is 0 Å². The number of carbonyl (C=O) groups is 1. The molecule has 1 rings (SSSR count). The number of hydrogen-bond acceptors (Lipinski definition) is 4. The topological polar surface area (TPSA) is 66.9 Å². The van der Waals surface area contributed by atoms with E-state index in [0.717, 1.165) is 9.39 Å².